The summed E-state index contributed by atoms with van der Waals surface area (Å²) >= 11 is 0. The summed E-state index contributed by atoms with van der Waals surface area (Å²) in [5, 5.41) is 14.5. The summed E-state index contributed by atoms with van der Waals surface area (Å²) in [6.07, 6.45) is -1.85. The van der Waals surface area contributed by atoms with Gasteiger partial charge >= 0.3 is 5.97 Å². The molecule has 37 heavy (non-hydrogen) atoms. The van der Waals surface area contributed by atoms with Crippen LogP contribution in [-0.2, 0) is 28.5 Å². The van der Waals surface area contributed by atoms with Gasteiger partial charge in [-0.05, 0) is 58.8 Å². The molecule has 2 N–H and O–H groups in total. The second-order valence-electron chi connectivity index (χ2n) is 10.8. The van der Waals surface area contributed by atoms with Gasteiger partial charge in [-0.3, -0.25) is 9.59 Å². The van der Waals surface area contributed by atoms with E-state index >= 15 is 0 Å². The van der Waals surface area contributed by atoms with Crippen molar-refractivity contribution in [2.24, 2.45) is 11.8 Å². The van der Waals surface area contributed by atoms with Crippen LogP contribution >= 0.6 is 0 Å². The number of rotatable bonds is 5. The van der Waals surface area contributed by atoms with Crippen LogP contribution in [0, 0.1) is 11.8 Å². The number of benzene rings is 1. The van der Waals surface area contributed by atoms with Crippen LogP contribution < -0.4 is 5.32 Å². The molecule has 2 unspecified atom stereocenters. The van der Waals surface area contributed by atoms with E-state index in [0.717, 1.165) is 5.56 Å². The molecule has 0 aromatic heterocycles. The van der Waals surface area contributed by atoms with Crippen molar-refractivity contribution in [1.29, 1.82) is 0 Å². The van der Waals surface area contributed by atoms with Crippen LogP contribution in [0.2, 0.25) is 0 Å². The summed E-state index contributed by atoms with van der Waals surface area (Å²) in [5.41, 5.74) is 1.01. The van der Waals surface area contributed by atoms with Gasteiger partial charge in [0.1, 0.15) is 24.4 Å². The standard InChI is InChI=1S/C28H44N2O7/c1-17-12-24(34-6)25(37-28-26(32)22(30(4)5)13-18(2)36-28)14-23(31)19(3)27(33)35-16-21(29-15-17)20-10-8-7-9-11-20/h7-11,17-19,21-22,24-26,28-29,32H,12-16H2,1-6H3/t17-,18-,19-,21+,22?,24-,25-,26?,28+/m1/s1. The van der Waals surface area contributed by atoms with Crippen molar-refractivity contribution in [1.82, 2.24) is 10.2 Å². The Labute approximate surface area is 220 Å². The molecule has 0 bridgehead atoms. The van der Waals surface area contributed by atoms with Gasteiger partial charge in [0.2, 0.25) is 0 Å². The first-order chi connectivity index (χ1) is 17.6. The topological polar surface area (TPSA) is 107 Å². The van der Waals surface area contributed by atoms with Crippen LogP contribution in [0.5, 0.6) is 0 Å². The highest BCUT2D eigenvalue weighted by molar-refractivity contribution is 5.98. The zero-order chi connectivity index (χ0) is 27.1. The van der Waals surface area contributed by atoms with Gasteiger partial charge in [-0.15, -0.1) is 0 Å². The van der Waals surface area contributed by atoms with Gasteiger partial charge in [0.05, 0.1) is 24.4 Å². The summed E-state index contributed by atoms with van der Waals surface area (Å²) < 4.78 is 23.7. The normalized spacial score (nSPS) is 36.8. The first-order valence-electron chi connectivity index (χ1n) is 13.3. The van der Waals surface area contributed by atoms with Crippen molar-refractivity contribution in [3.8, 4) is 0 Å². The third-order valence-corrected chi connectivity index (χ3v) is 7.48. The molecule has 2 fully saturated rings. The molecule has 208 valence electrons. The highest BCUT2D eigenvalue weighted by Crippen LogP contribution is 2.28. The highest BCUT2D eigenvalue weighted by Gasteiger charge is 2.41. The van der Waals surface area contributed by atoms with Crippen LogP contribution in [0.25, 0.3) is 0 Å². The molecule has 3 rings (SSSR count). The molecule has 0 spiro atoms. The number of carbonyl (C=O) groups is 2. The molecule has 9 atom stereocenters. The Hall–Kier alpha value is -1.88. The van der Waals surface area contributed by atoms with Gasteiger partial charge in [-0.2, -0.15) is 0 Å². The third kappa shape index (κ3) is 8.05. The molecular formula is C28H44N2O7. The van der Waals surface area contributed by atoms with E-state index < -0.39 is 36.5 Å². The number of aliphatic hydroxyl groups excluding tert-OH is 1. The maximum absolute atomic E-state index is 13.2. The SMILES string of the molecule is CO[C@@H]1C[C@@H](C)CN[C@H](c2ccccc2)COC(=O)[C@H](C)C(=O)C[C@H]1O[C@@H]1O[C@H](C)CC(N(C)C)C1O. The fourth-order valence-electron chi connectivity index (χ4n) is 5.07. The van der Waals surface area contributed by atoms with Crippen LogP contribution in [0.15, 0.2) is 30.3 Å². The number of nitrogens with one attached hydrogen (secondary N) is 1. The Morgan fingerprint density at radius 3 is 2.41 bits per heavy atom. The van der Waals surface area contributed by atoms with Crippen molar-refractivity contribution < 1.29 is 33.6 Å². The van der Waals surface area contributed by atoms with Crippen LogP contribution in [0.3, 0.4) is 0 Å². The maximum Gasteiger partial charge on any atom is 0.316 e. The third-order valence-electron chi connectivity index (χ3n) is 7.48. The summed E-state index contributed by atoms with van der Waals surface area (Å²) in [6, 6.07) is 9.47. The molecule has 0 aliphatic carbocycles. The number of hydrogen-bond donors (Lipinski definition) is 2. The summed E-state index contributed by atoms with van der Waals surface area (Å²) in [6.45, 7) is 6.39. The summed E-state index contributed by atoms with van der Waals surface area (Å²) in [5.74, 6) is -1.65. The minimum Gasteiger partial charge on any atom is -0.463 e. The van der Waals surface area contributed by atoms with Crippen molar-refractivity contribution in [3.05, 3.63) is 35.9 Å². The highest BCUT2D eigenvalue weighted by atomic mass is 16.7. The Bertz CT molecular complexity index is 867. The van der Waals surface area contributed by atoms with Crippen LogP contribution in [0.4, 0.5) is 0 Å². The monoisotopic (exact) mass is 520 g/mol. The van der Waals surface area contributed by atoms with Crippen molar-refractivity contribution in [2.45, 2.75) is 82.8 Å². The molecular weight excluding hydrogens is 476 g/mol. The van der Waals surface area contributed by atoms with Crippen LogP contribution in [0.1, 0.15) is 51.6 Å². The van der Waals surface area contributed by atoms with Gasteiger partial charge in [0.25, 0.3) is 0 Å². The second kappa shape index (κ2) is 13.8. The molecule has 9 heteroatoms. The van der Waals surface area contributed by atoms with Crippen molar-refractivity contribution in [2.75, 3.05) is 34.4 Å². The fourth-order valence-corrected chi connectivity index (χ4v) is 5.07. The summed E-state index contributed by atoms with van der Waals surface area (Å²) in [4.78, 5) is 28.0. The second-order valence-corrected chi connectivity index (χ2v) is 10.8. The molecule has 2 saturated heterocycles. The quantitative estimate of drug-likeness (QED) is 0.447. The molecule has 0 radical (unpaired) electrons. The summed E-state index contributed by atoms with van der Waals surface area (Å²) in [7, 11) is 5.42. The number of ether oxygens (including phenoxy) is 4. The minimum atomic E-state index is -0.955. The number of hydrogen-bond acceptors (Lipinski definition) is 9. The largest absolute Gasteiger partial charge is 0.463 e. The van der Waals surface area contributed by atoms with Gasteiger partial charge < -0.3 is 34.3 Å². The Morgan fingerprint density at radius 2 is 1.76 bits per heavy atom. The van der Waals surface area contributed by atoms with Gasteiger partial charge in [0, 0.05) is 19.6 Å². The number of likely N-dealkylation sites (N-methyl/N-ethyl adjacent to an activating group) is 1. The first kappa shape index (κ1) is 29.7. The number of carbonyl (C=O) groups excluding carboxylic acids is 2. The first-order valence-corrected chi connectivity index (χ1v) is 13.3. The maximum atomic E-state index is 13.2. The molecule has 9 nitrogen and oxygen atoms in total. The average Bonchev–Trinajstić information content (AvgIpc) is 2.88. The molecule has 2 aliphatic heterocycles. The molecule has 0 saturated carbocycles. The number of nitrogens with zero attached hydrogens (tertiary/aromatic N) is 1. The molecule has 1 aromatic carbocycles. The lowest BCUT2D eigenvalue weighted by Gasteiger charge is -2.43. The number of aliphatic hydroxyl groups is 1. The number of cyclic esters (lactones) is 1. The van der Waals surface area contributed by atoms with E-state index in [1.165, 1.54) is 0 Å². The van der Waals surface area contributed by atoms with E-state index in [0.29, 0.717) is 19.4 Å². The molecule has 2 heterocycles. The predicted molar refractivity (Wildman–Crippen MR) is 139 cm³/mol. The zero-order valence-corrected chi connectivity index (χ0v) is 23.0. The Balaban J connectivity index is 1.83. The molecule has 0 amide bonds. The van der Waals surface area contributed by atoms with Crippen LogP contribution in [-0.4, -0.2) is 92.9 Å². The van der Waals surface area contributed by atoms with E-state index in [1.807, 2.05) is 56.3 Å². The molecule has 1 aromatic rings. The predicted octanol–water partition coefficient (Wildman–Crippen LogP) is 2.32. The van der Waals surface area contributed by atoms with Gasteiger partial charge in [-0.25, -0.2) is 0 Å². The lowest BCUT2D eigenvalue weighted by molar-refractivity contribution is -0.278. The minimum absolute atomic E-state index is 0.0510. The number of methoxy groups -OCH3 is 1. The lowest BCUT2D eigenvalue weighted by atomic mass is 9.93. The number of ketones is 1. The lowest BCUT2D eigenvalue weighted by Crippen LogP contribution is -2.56. The van der Waals surface area contributed by atoms with E-state index in [4.69, 9.17) is 18.9 Å². The van der Waals surface area contributed by atoms with Crippen molar-refractivity contribution in [3.63, 3.8) is 0 Å². The van der Waals surface area contributed by atoms with Crippen molar-refractivity contribution >= 4 is 11.8 Å². The zero-order valence-electron chi connectivity index (χ0n) is 23.0. The van der Waals surface area contributed by atoms with Gasteiger partial charge in [0.15, 0.2) is 6.29 Å². The Morgan fingerprint density at radius 1 is 1.05 bits per heavy atom. The molecule has 2 aliphatic rings. The smallest absolute Gasteiger partial charge is 0.316 e. The number of Topliss-reactive ketones (excluding diaryl/α,β-unsaturated/α-hetero) is 1. The Kier molecular flexibility index (Phi) is 11.0. The van der Waals surface area contributed by atoms with E-state index in [-0.39, 0.29) is 42.9 Å². The van der Waals surface area contributed by atoms with E-state index in [9.17, 15) is 14.7 Å². The average molecular weight is 521 g/mol. The fraction of sp³-hybridized carbons (Fsp3) is 0.714. The van der Waals surface area contributed by atoms with Gasteiger partial charge in [-0.1, -0.05) is 37.3 Å². The van der Waals surface area contributed by atoms with E-state index in [1.54, 1.807) is 14.0 Å². The van der Waals surface area contributed by atoms with E-state index in [2.05, 4.69) is 12.2 Å². The number of esters is 1.